The molecule has 0 saturated heterocycles. The van der Waals surface area contributed by atoms with Gasteiger partial charge in [0.25, 0.3) is 0 Å². The van der Waals surface area contributed by atoms with Crippen LogP contribution < -0.4 is 15.0 Å². The summed E-state index contributed by atoms with van der Waals surface area (Å²) in [5.41, 5.74) is 0.297. The number of likely N-dealkylation sites (N-methyl/N-ethyl adjacent to an activating group) is 1. The molecule has 1 amide bonds. The maximum atomic E-state index is 12.6. The number of amides is 1. The molecule has 2 aromatic rings. The molecular weight excluding hydrogens is 439 g/mol. The molecule has 4 rings (SSSR count). The monoisotopic (exact) mass is 465 g/mol. The van der Waals surface area contributed by atoms with Gasteiger partial charge in [-0.1, -0.05) is 0 Å². The molecule has 1 unspecified atom stereocenters. The van der Waals surface area contributed by atoms with Crippen LogP contribution in [0.5, 0.6) is 5.75 Å². The van der Waals surface area contributed by atoms with Crippen LogP contribution in [0.2, 0.25) is 0 Å². The predicted octanol–water partition coefficient (Wildman–Crippen LogP) is 2.98. The lowest BCUT2D eigenvalue weighted by molar-refractivity contribution is -0.141. The van der Waals surface area contributed by atoms with E-state index in [-0.39, 0.29) is 5.91 Å². The van der Waals surface area contributed by atoms with Gasteiger partial charge in [-0.3, -0.25) is 4.79 Å². The number of aliphatic hydroxyl groups is 1. The number of anilines is 2. The molecule has 11 heteroatoms. The lowest BCUT2D eigenvalue weighted by atomic mass is 9.73. The van der Waals surface area contributed by atoms with Crippen molar-refractivity contribution in [1.82, 2.24) is 15.0 Å². The summed E-state index contributed by atoms with van der Waals surface area (Å²) < 4.78 is 43.4. The third-order valence-electron chi connectivity index (χ3n) is 6.16. The number of carbonyl (C=O) groups excluding carboxylic acids is 1. The van der Waals surface area contributed by atoms with Gasteiger partial charge in [0.15, 0.2) is 5.82 Å². The van der Waals surface area contributed by atoms with Crippen molar-refractivity contribution in [2.45, 2.75) is 51.4 Å². The van der Waals surface area contributed by atoms with E-state index in [1.54, 1.807) is 18.9 Å². The number of rotatable bonds is 6. The molecule has 1 aliphatic heterocycles. The number of aromatic nitrogens is 3. The van der Waals surface area contributed by atoms with Crippen LogP contribution in [-0.2, 0) is 17.4 Å². The first-order chi connectivity index (χ1) is 15.5. The topological polar surface area (TPSA) is 100 Å². The lowest BCUT2D eigenvalue weighted by Gasteiger charge is -2.37. The molecular formula is C22H26F3N5O3. The highest BCUT2D eigenvalue weighted by atomic mass is 19.4. The second-order valence-electron chi connectivity index (χ2n) is 8.80. The number of pyridine rings is 1. The fourth-order valence-corrected chi connectivity index (χ4v) is 4.44. The van der Waals surface area contributed by atoms with E-state index >= 15 is 0 Å². The quantitative estimate of drug-likeness (QED) is 0.677. The molecule has 1 saturated carbocycles. The van der Waals surface area contributed by atoms with Crippen LogP contribution in [0, 0.1) is 18.8 Å². The number of ether oxygens (including phenoxy) is 1. The predicted molar refractivity (Wildman–Crippen MR) is 114 cm³/mol. The second kappa shape index (κ2) is 8.77. The molecule has 178 valence electrons. The Labute approximate surface area is 189 Å². The van der Waals surface area contributed by atoms with Crippen LogP contribution in [0.3, 0.4) is 0 Å². The number of halogens is 3. The van der Waals surface area contributed by atoms with Crippen molar-refractivity contribution >= 4 is 17.4 Å². The average Bonchev–Trinajstić information content (AvgIpc) is 2.70. The van der Waals surface area contributed by atoms with Crippen molar-refractivity contribution in [3.63, 3.8) is 0 Å². The van der Waals surface area contributed by atoms with Gasteiger partial charge < -0.3 is 20.1 Å². The Morgan fingerprint density at radius 1 is 1.27 bits per heavy atom. The summed E-state index contributed by atoms with van der Waals surface area (Å²) in [6.45, 7) is 3.80. The molecule has 0 bridgehead atoms. The number of aliphatic hydroxyl groups excluding tert-OH is 1. The minimum Gasteiger partial charge on any atom is -0.492 e. The number of hydrogen-bond donors (Lipinski definition) is 2. The van der Waals surface area contributed by atoms with E-state index in [1.165, 1.54) is 6.07 Å². The molecule has 1 fully saturated rings. The van der Waals surface area contributed by atoms with E-state index in [2.05, 4.69) is 20.3 Å². The standard InChI is InChI=1S/C22H26F3N5O3/c1-11-18-20(30(3)19(12(2)31)21(32)29-18)28-17(27-11)8-13-6-14(7-13)10-33-15-4-5-16(26-9-15)22(23,24)25/h4-5,9,12-14,19,31H,6-8,10H2,1-3H3,(H,29,32)/t12-,13?,14?,19?/m1/s1. The summed E-state index contributed by atoms with van der Waals surface area (Å²) in [7, 11) is 1.73. The minimum absolute atomic E-state index is 0.287. The third-order valence-corrected chi connectivity index (χ3v) is 6.16. The summed E-state index contributed by atoms with van der Waals surface area (Å²) in [6, 6.07) is 1.48. The van der Waals surface area contributed by atoms with Crippen LogP contribution in [0.4, 0.5) is 24.7 Å². The number of hydrogen-bond acceptors (Lipinski definition) is 7. The van der Waals surface area contributed by atoms with Crippen LogP contribution in [-0.4, -0.2) is 51.8 Å². The Bertz CT molecular complexity index is 1020. The molecule has 2 aliphatic rings. The lowest BCUT2D eigenvalue weighted by Crippen LogP contribution is -2.52. The molecule has 2 atom stereocenters. The normalized spacial score (nSPS) is 23.4. The van der Waals surface area contributed by atoms with Crippen LogP contribution in [0.15, 0.2) is 18.3 Å². The first-order valence-corrected chi connectivity index (χ1v) is 10.8. The van der Waals surface area contributed by atoms with Crippen LogP contribution >= 0.6 is 0 Å². The second-order valence-corrected chi connectivity index (χ2v) is 8.80. The van der Waals surface area contributed by atoms with Gasteiger partial charge in [0.1, 0.15) is 29.0 Å². The smallest absolute Gasteiger partial charge is 0.433 e. The Balaban J connectivity index is 1.32. The van der Waals surface area contributed by atoms with Gasteiger partial charge in [-0.05, 0) is 50.7 Å². The molecule has 0 spiro atoms. The van der Waals surface area contributed by atoms with Crippen molar-refractivity contribution in [3.8, 4) is 5.75 Å². The maximum Gasteiger partial charge on any atom is 0.433 e. The fourth-order valence-electron chi connectivity index (χ4n) is 4.44. The summed E-state index contributed by atoms with van der Waals surface area (Å²) >= 11 is 0. The van der Waals surface area contributed by atoms with E-state index in [9.17, 15) is 23.1 Å². The van der Waals surface area contributed by atoms with Crippen molar-refractivity contribution < 1.29 is 27.8 Å². The summed E-state index contributed by atoms with van der Waals surface area (Å²) in [5.74, 6) is 1.98. The molecule has 2 aromatic heterocycles. The van der Waals surface area contributed by atoms with E-state index in [4.69, 9.17) is 4.74 Å². The van der Waals surface area contributed by atoms with Gasteiger partial charge in [-0.25, -0.2) is 15.0 Å². The van der Waals surface area contributed by atoms with Gasteiger partial charge in [0.2, 0.25) is 5.91 Å². The first-order valence-electron chi connectivity index (χ1n) is 10.8. The van der Waals surface area contributed by atoms with Crippen molar-refractivity contribution in [1.29, 1.82) is 0 Å². The zero-order valence-corrected chi connectivity index (χ0v) is 18.6. The van der Waals surface area contributed by atoms with E-state index in [0.29, 0.717) is 53.6 Å². The van der Waals surface area contributed by atoms with E-state index in [0.717, 1.165) is 25.1 Å². The van der Waals surface area contributed by atoms with Gasteiger partial charge in [0, 0.05) is 13.5 Å². The Morgan fingerprint density at radius 2 is 2.00 bits per heavy atom. The van der Waals surface area contributed by atoms with Gasteiger partial charge >= 0.3 is 6.18 Å². The molecule has 3 heterocycles. The molecule has 8 nitrogen and oxygen atoms in total. The number of nitrogens with zero attached hydrogens (tertiary/aromatic N) is 4. The summed E-state index contributed by atoms with van der Waals surface area (Å²) in [6.07, 6.45) is -1.75. The minimum atomic E-state index is -4.46. The van der Waals surface area contributed by atoms with Crippen LogP contribution in [0.25, 0.3) is 0 Å². The van der Waals surface area contributed by atoms with Gasteiger partial charge in [-0.15, -0.1) is 0 Å². The van der Waals surface area contributed by atoms with Gasteiger partial charge in [-0.2, -0.15) is 13.2 Å². The van der Waals surface area contributed by atoms with Crippen molar-refractivity contribution in [2.24, 2.45) is 11.8 Å². The van der Waals surface area contributed by atoms with Gasteiger partial charge in [0.05, 0.1) is 24.6 Å². The molecule has 33 heavy (non-hydrogen) atoms. The summed E-state index contributed by atoms with van der Waals surface area (Å²) in [4.78, 5) is 26.6. The molecule has 2 N–H and O–H groups in total. The van der Waals surface area contributed by atoms with E-state index < -0.39 is 24.0 Å². The van der Waals surface area contributed by atoms with Crippen molar-refractivity contribution in [2.75, 3.05) is 23.9 Å². The highest BCUT2D eigenvalue weighted by molar-refractivity contribution is 6.03. The molecule has 0 radical (unpaired) electrons. The van der Waals surface area contributed by atoms with Crippen molar-refractivity contribution in [3.05, 3.63) is 35.5 Å². The summed E-state index contributed by atoms with van der Waals surface area (Å²) in [5, 5.41) is 12.8. The number of aryl methyl sites for hydroxylation is 1. The maximum absolute atomic E-state index is 12.6. The molecule has 1 aliphatic carbocycles. The number of fused-ring (bicyclic) bond motifs is 1. The number of alkyl halides is 3. The first kappa shape index (κ1) is 23.2. The highest BCUT2D eigenvalue weighted by Gasteiger charge is 2.37. The van der Waals surface area contributed by atoms with Crippen LogP contribution in [0.1, 0.15) is 37.0 Å². The Kier molecular flexibility index (Phi) is 6.17. The molecule has 0 aromatic carbocycles. The SMILES string of the molecule is Cc1nc(CC2CC(COc3ccc(C(F)(F)F)nc3)C2)nc2c1NC(=O)C([C@@H](C)O)N2C. The Hall–Kier alpha value is -2.95. The Morgan fingerprint density at radius 3 is 2.61 bits per heavy atom. The number of carbonyl (C=O) groups is 1. The van der Waals surface area contributed by atoms with E-state index in [1.807, 2.05) is 6.92 Å². The average molecular weight is 465 g/mol. The third kappa shape index (κ3) is 4.87. The number of nitrogens with one attached hydrogen (secondary N) is 1. The fraction of sp³-hybridized carbons (Fsp3) is 0.545. The highest BCUT2D eigenvalue weighted by Crippen LogP contribution is 2.38. The largest absolute Gasteiger partial charge is 0.492 e. The zero-order chi connectivity index (χ0) is 23.9. The zero-order valence-electron chi connectivity index (χ0n) is 18.6.